The molecule has 0 fully saturated rings. The zero-order chi connectivity index (χ0) is 15.2. The molecule has 3 rings (SSSR count). The average Bonchev–Trinajstić information content (AvgIpc) is 3.04. The van der Waals surface area contributed by atoms with Crippen molar-refractivity contribution in [2.45, 2.75) is 12.8 Å². The van der Waals surface area contributed by atoms with Crippen molar-refractivity contribution in [3.8, 4) is 5.69 Å². The van der Waals surface area contributed by atoms with E-state index in [2.05, 4.69) is 15.4 Å². The van der Waals surface area contributed by atoms with Gasteiger partial charge >= 0.3 is 0 Å². The fraction of sp³-hybridized carbons (Fsp3) is 0.118. The number of amides is 1. The molecule has 0 unspecified atom stereocenters. The Hall–Kier alpha value is -2.95. The number of rotatable bonds is 5. The Balaban J connectivity index is 1.56. The molecule has 0 saturated heterocycles. The maximum absolute atomic E-state index is 11.9. The van der Waals surface area contributed by atoms with E-state index in [0.29, 0.717) is 18.7 Å². The number of aryl methyl sites for hydroxylation is 1. The van der Waals surface area contributed by atoms with Crippen LogP contribution in [0.2, 0.25) is 0 Å². The lowest BCUT2D eigenvalue weighted by Crippen LogP contribution is -2.13. The van der Waals surface area contributed by atoms with Crippen LogP contribution in [0.3, 0.4) is 0 Å². The second kappa shape index (κ2) is 6.67. The highest BCUT2D eigenvalue weighted by Gasteiger charge is 2.06. The minimum atomic E-state index is -0.0499. The summed E-state index contributed by atoms with van der Waals surface area (Å²) in [6.45, 7) is 0. The van der Waals surface area contributed by atoms with Gasteiger partial charge in [-0.1, -0.05) is 24.3 Å². The molecule has 5 heteroatoms. The Morgan fingerprint density at radius 3 is 2.68 bits per heavy atom. The van der Waals surface area contributed by atoms with Crippen molar-refractivity contribution in [1.29, 1.82) is 0 Å². The number of carbonyl (C=O) groups excluding carboxylic acids is 1. The van der Waals surface area contributed by atoms with Gasteiger partial charge in [-0.25, -0.2) is 9.67 Å². The first-order valence-electron chi connectivity index (χ1n) is 7.11. The number of hydrogen-bond donors (Lipinski definition) is 1. The highest BCUT2D eigenvalue weighted by molar-refractivity contribution is 5.89. The maximum atomic E-state index is 11.9. The van der Waals surface area contributed by atoms with E-state index in [-0.39, 0.29) is 5.91 Å². The van der Waals surface area contributed by atoms with E-state index in [1.54, 1.807) is 18.5 Å². The molecule has 0 aliphatic rings. The number of nitrogens with zero attached hydrogens (tertiary/aromatic N) is 3. The summed E-state index contributed by atoms with van der Waals surface area (Å²) in [6, 6.07) is 15.3. The Bertz CT molecular complexity index is 738. The van der Waals surface area contributed by atoms with Crippen LogP contribution in [0.25, 0.3) is 5.69 Å². The van der Waals surface area contributed by atoms with Gasteiger partial charge in [0.2, 0.25) is 5.91 Å². The molecule has 2 aromatic heterocycles. The van der Waals surface area contributed by atoms with Crippen LogP contribution in [0.1, 0.15) is 12.0 Å². The molecule has 0 aliphatic carbocycles. The average molecular weight is 292 g/mol. The number of aromatic nitrogens is 3. The molecular formula is C17H16N4O. The lowest BCUT2D eigenvalue weighted by Gasteiger charge is -2.03. The lowest BCUT2D eigenvalue weighted by molar-refractivity contribution is -0.116. The van der Waals surface area contributed by atoms with Crippen LogP contribution in [-0.2, 0) is 11.2 Å². The minimum absolute atomic E-state index is 0.0499. The first kappa shape index (κ1) is 14.0. The van der Waals surface area contributed by atoms with Gasteiger partial charge in [0.15, 0.2) is 0 Å². The smallest absolute Gasteiger partial charge is 0.225 e. The van der Waals surface area contributed by atoms with Gasteiger partial charge in [-0.2, -0.15) is 5.10 Å². The Morgan fingerprint density at radius 1 is 1.09 bits per heavy atom. The fourth-order valence-electron chi connectivity index (χ4n) is 2.11. The van der Waals surface area contributed by atoms with E-state index in [1.807, 2.05) is 53.3 Å². The second-order valence-electron chi connectivity index (χ2n) is 4.89. The summed E-state index contributed by atoms with van der Waals surface area (Å²) in [5.41, 5.74) is 2.03. The van der Waals surface area contributed by atoms with Gasteiger partial charge in [-0.05, 0) is 36.2 Å². The molecule has 0 radical (unpaired) electrons. The standard InChI is InChI=1S/C17H16N4O/c22-17(20-16-8-4-5-11-18-16)10-9-14-12-19-21(13-14)15-6-2-1-3-7-15/h1-8,11-13H,9-10H2,(H,18,20,22). The van der Waals surface area contributed by atoms with Gasteiger partial charge in [-0.3, -0.25) is 4.79 Å². The number of para-hydroxylation sites is 1. The molecule has 5 nitrogen and oxygen atoms in total. The summed E-state index contributed by atoms with van der Waals surface area (Å²) >= 11 is 0. The summed E-state index contributed by atoms with van der Waals surface area (Å²) < 4.78 is 1.81. The van der Waals surface area contributed by atoms with E-state index >= 15 is 0 Å². The normalized spacial score (nSPS) is 10.4. The van der Waals surface area contributed by atoms with Crippen LogP contribution in [0, 0.1) is 0 Å². The van der Waals surface area contributed by atoms with Crippen LogP contribution in [0.5, 0.6) is 0 Å². The predicted octanol–water partition coefficient (Wildman–Crippen LogP) is 2.84. The molecule has 3 aromatic rings. The number of benzene rings is 1. The monoisotopic (exact) mass is 292 g/mol. The van der Waals surface area contributed by atoms with E-state index in [9.17, 15) is 4.79 Å². The van der Waals surface area contributed by atoms with Crippen molar-refractivity contribution < 1.29 is 4.79 Å². The molecule has 1 amide bonds. The molecule has 110 valence electrons. The minimum Gasteiger partial charge on any atom is -0.311 e. The molecule has 0 atom stereocenters. The number of pyridine rings is 1. The highest BCUT2D eigenvalue weighted by Crippen LogP contribution is 2.09. The van der Waals surface area contributed by atoms with Gasteiger partial charge in [0.1, 0.15) is 5.82 Å². The first-order valence-corrected chi connectivity index (χ1v) is 7.11. The van der Waals surface area contributed by atoms with Gasteiger partial charge in [-0.15, -0.1) is 0 Å². The van der Waals surface area contributed by atoms with Crippen LogP contribution in [-0.4, -0.2) is 20.7 Å². The molecule has 2 heterocycles. The van der Waals surface area contributed by atoms with Gasteiger partial charge in [0.25, 0.3) is 0 Å². The number of hydrogen-bond acceptors (Lipinski definition) is 3. The third-order valence-electron chi connectivity index (χ3n) is 3.23. The van der Waals surface area contributed by atoms with Crippen molar-refractivity contribution in [2.24, 2.45) is 0 Å². The van der Waals surface area contributed by atoms with Crippen molar-refractivity contribution in [1.82, 2.24) is 14.8 Å². The quantitative estimate of drug-likeness (QED) is 0.786. The van der Waals surface area contributed by atoms with Gasteiger partial charge < -0.3 is 5.32 Å². The van der Waals surface area contributed by atoms with Crippen molar-refractivity contribution in [2.75, 3.05) is 5.32 Å². The van der Waals surface area contributed by atoms with Crippen molar-refractivity contribution in [3.63, 3.8) is 0 Å². The molecule has 0 spiro atoms. The fourth-order valence-corrected chi connectivity index (χ4v) is 2.11. The highest BCUT2D eigenvalue weighted by atomic mass is 16.1. The van der Waals surface area contributed by atoms with Crippen LogP contribution < -0.4 is 5.32 Å². The molecule has 1 aromatic carbocycles. The van der Waals surface area contributed by atoms with E-state index in [0.717, 1.165) is 11.3 Å². The first-order chi connectivity index (χ1) is 10.8. The third-order valence-corrected chi connectivity index (χ3v) is 3.23. The summed E-state index contributed by atoms with van der Waals surface area (Å²) in [4.78, 5) is 16.0. The summed E-state index contributed by atoms with van der Waals surface area (Å²) in [5.74, 6) is 0.527. The molecule has 22 heavy (non-hydrogen) atoms. The van der Waals surface area contributed by atoms with Crippen LogP contribution in [0.15, 0.2) is 67.1 Å². The zero-order valence-corrected chi connectivity index (χ0v) is 12.0. The van der Waals surface area contributed by atoms with Gasteiger partial charge in [0.05, 0.1) is 11.9 Å². The Morgan fingerprint density at radius 2 is 1.91 bits per heavy atom. The number of anilines is 1. The Labute approximate surface area is 128 Å². The van der Waals surface area contributed by atoms with Crippen LogP contribution in [0.4, 0.5) is 5.82 Å². The molecule has 0 aliphatic heterocycles. The lowest BCUT2D eigenvalue weighted by atomic mass is 10.2. The second-order valence-corrected chi connectivity index (χ2v) is 4.89. The largest absolute Gasteiger partial charge is 0.311 e. The summed E-state index contributed by atoms with van der Waals surface area (Å²) in [5, 5.41) is 7.09. The molecule has 0 bridgehead atoms. The number of carbonyl (C=O) groups is 1. The zero-order valence-electron chi connectivity index (χ0n) is 12.0. The topological polar surface area (TPSA) is 59.8 Å². The number of nitrogens with one attached hydrogen (secondary N) is 1. The van der Waals surface area contributed by atoms with E-state index < -0.39 is 0 Å². The van der Waals surface area contributed by atoms with E-state index in [1.165, 1.54) is 0 Å². The van der Waals surface area contributed by atoms with Crippen LogP contribution >= 0.6 is 0 Å². The SMILES string of the molecule is O=C(CCc1cnn(-c2ccccc2)c1)Nc1ccccn1. The third kappa shape index (κ3) is 3.58. The molecular weight excluding hydrogens is 276 g/mol. The van der Waals surface area contributed by atoms with Crippen molar-refractivity contribution >= 4 is 11.7 Å². The Kier molecular flexibility index (Phi) is 4.25. The molecule has 1 N–H and O–H groups in total. The molecule has 0 saturated carbocycles. The van der Waals surface area contributed by atoms with Gasteiger partial charge in [0, 0.05) is 18.8 Å². The maximum Gasteiger partial charge on any atom is 0.225 e. The van der Waals surface area contributed by atoms with Crippen molar-refractivity contribution in [3.05, 3.63) is 72.7 Å². The summed E-state index contributed by atoms with van der Waals surface area (Å²) in [7, 11) is 0. The predicted molar refractivity (Wildman–Crippen MR) is 84.8 cm³/mol. The van der Waals surface area contributed by atoms with E-state index in [4.69, 9.17) is 0 Å². The summed E-state index contributed by atoms with van der Waals surface area (Å²) in [6.07, 6.45) is 6.44.